The molecule has 0 spiro atoms. The van der Waals surface area contributed by atoms with Crippen molar-refractivity contribution < 1.29 is 22.8 Å². The Bertz CT molecular complexity index is 1040. The Kier molecular flexibility index (Phi) is 4.60. The van der Waals surface area contributed by atoms with E-state index in [0.717, 1.165) is 11.0 Å². The first-order valence-corrected chi connectivity index (χ1v) is 9.03. The Morgan fingerprint density at radius 2 is 2.10 bits per heavy atom. The molecular formula is C20H17F3N4O2. The summed E-state index contributed by atoms with van der Waals surface area (Å²) in [6, 6.07) is 5.72. The average Bonchev–Trinajstić information content (AvgIpc) is 2.99. The van der Waals surface area contributed by atoms with E-state index in [2.05, 4.69) is 15.3 Å². The summed E-state index contributed by atoms with van der Waals surface area (Å²) in [5.41, 5.74) is -0.0122. The van der Waals surface area contributed by atoms with Crippen LogP contribution in [0.2, 0.25) is 0 Å². The molecule has 1 N–H and O–H groups in total. The highest BCUT2D eigenvalue weighted by Gasteiger charge is 2.50. The van der Waals surface area contributed by atoms with Crippen LogP contribution in [0.3, 0.4) is 0 Å². The molecular weight excluding hydrogens is 385 g/mol. The standard InChI is InChI=1S/C20H17F3N4O2/c1-11-24-6-5-17(25-11)18(28)26-13-8-15-16(20(22,23)9-13)10-27(19(15)29)14-4-2-3-12(21)7-14/h2-7,13H,8-10H2,1H3,(H,26,28)/t13-/m1/s1. The van der Waals surface area contributed by atoms with E-state index in [4.69, 9.17) is 0 Å². The number of alkyl halides is 2. The minimum atomic E-state index is -3.26. The fraction of sp³-hybridized carbons (Fsp3) is 0.300. The van der Waals surface area contributed by atoms with Crippen LogP contribution in [0, 0.1) is 12.7 Å². The zero-order valence-corrected chi connectivity index (χ0v) is 15.5. The van der Waals surface area contributed by atoms with Gasteiger partial charge in [-0.05, 0) is 37.6 Å². The zero-order chi connectivity index (χ0) is 20.8. The molecule has 1 aliphatic heterocycles. The summed E-state index contributed by atoms with van der Waals surface area (Å²) >= 11 is 0. The molecule has 2 aromatic rings. The van der Waals surface area contributed by atoms with Crippen LogP contribution in [0.4, 0.5) is 18.9 Å². The first kappa shape index (κ1) is 19.1. The van der Waals surface area contributed by atoms with Crippen molar-refractivity contribution in [3.63, 3.8) is 0 Å². The van der Waals surface area contributed by atoms with Gasteiger partial charge in [-0.25, -0.2) is 23.1 Å². The van der Waals surface area contributed by atoms with E-state index in [1.807, 2.05) is 0 Å². The van der Waals surface area contributed by atoms with E-state index < -0.39 is 36.0 Å². The third kappa shape index (κ3) is 3.59. The van der Waals surface area contributed by atoms with Crippen molar-refractivity contribution in [1.82, 2.24) is 15.3 Å². The fourth-order valence-electron chi connectivity index (χ4n) is 3.71. The summed E-state index contributed by atoms with van der Waals surface area (Å²) in [4.78, 5) is 34.2. The van der Waals surface area contributed by atoms with E-state index in [0.29, 0.717) is 5.82 Å². The lowest BCUT2D eigenvalue weighted by atomic mass is 9.86. The number of nitrogens with one attached hydrogen (secondary N) is 1. The van der Waals surface area contributed by atoms with Crippen molar-refractivity contribution in [1.29, 1.82) is 0 Å². The van der Waals surface area contributed by atoms with E-state index in [9.17, 15) is 22.8 Å². The summed E-state index contributed by atoms with van der Waals surface area (Å²) < 4.78 is 43.1. The highest BCUT2D eigenvalue weighted by molar-refractivity contribution is 6.10. The number of hydrogen-bond donors (Lipinski definition) is 1. The van der Waals surface area contributed by atoms with Gasteiger partial charge < -0.3 is 10.2 Å². The molecule has 9 heteroatoms. The Labute approximate surface area is 164 Å². The summed E-state index contributed by atoms with van der Waals surface area (Å²) in [7, 11) is 0. The van der Waals surface area contributed by atoms with Gasteiger partial charge in [-0.1, -0.05) is 6.07 Å². The number of nitrogens with zero attached hydrogens (tertiary/aromatic N) is 3. The first-order chi connectivity index (χ1) is 13.7. The molecule has 2 aliphatic rings. The van der Waals surface area contributed by atoms with Gasteiger partial charge >= 0.3 is 0 Å². The molecule has 1 atom stereocenters. The second-order valence-corrected chi connectivity index (χ2v) is 7.10. The van der Waals surface area contributed by atoms with Crippen LogP contribution >= 0.6 is 0 Å². The first-order valence-electron chi connectivity index (χ1n) is 9.03. The van der Waals surface area contributed by atoms with Gasteiger partial charge in [-0.3, -0.25) is 9.59 Å². The molecule has 150 valence electrons. The molecule has 1 aromatic carbocycles. The molecule has 0 saturated heterocycles. The van der Waals surface area contributed by atoms with Gasteiger partial charge in [0.15, 0.2) is 0 Å². The number of rotatable bonds is 3. The molecule has 1 aromatic heterocycles. The molecule has 4 rings (SSSR count). The number of anilines is 1. The van der Waals surface area contributed by atoms with Crippen LogP contribution in [-0.4, -0.2) is 40.3 Å². The van der Waals surface area contributed by atoms with Crippen LogP contribution in [0.5, 0.6) is 0 Å². The van der Waals surface area contributed by atoms with E-state index in [-0.39, 0.29) is 35.5 Å². The lowest BCUT2D eigenvalue weighted by Crippen LogP contribution is -2.43. The van der Waals surface area contributed by atoms with Gasteiger partial charge in [0, 0.05) is 35.5 Å². The monoisotopic (exact) mass is 402 g/mol. The van der Waals surface area contributed by atoms with Crippen LogP contribution < -0.4 is 10.2 Å². The summed E-state index contributed by atoms with van der Waals surface area (Å²) in [6.45, 7) is 1.32. The molecule has 2 amide bonds. The highest BCUT2D eigenvalue weighted by Crippen LogP contribution is 2.43. The SMILES string of the molecule is Cc1nccc(C(=O)N[C@@H]2CC3=C(CN(c4cccc(F)c4)C3=O)C(F)(F)C2)n1. The van der Waals surface area contributed by atoms with Gasteiger partial charge in [0.1, 0.15) is 17.3 Å². The number of aryl methyl sites for hydroxylation is 1. The van der Waals surface area contributed by atoms with Crippen molar-refractivity contribution in [3.8, 4) is 0 Å². The number of hydrogen-bond acceptors (Lipinski definition) is 4. The Hall–Kier alpha value is -3.23. The van der Waals surface area contributed by atoms with Gasteiger partial charge in [0.2, 0.25) is 0 Å². The maximum atomic E-state index is 14.8. The predicted molar refractivity (Wildman–Crippen MR) is 98.0 cm³/mol. The van der Waals surface area contributed by atoms with Crippen molar-refractivity contribution in [2.45, 2.75) is 31.7 Å². The Morgan fingerprint density at radius 3 is 2.83 bits per heavy atom. The molecule has 1 aliphatic carbocycles. The van der Waals surface area contributed by atoms with Crippen LogP contribution in [0.25, 0.3) is 0 Å². The average molecular weight is 402 g/mol. The van der Waals surface area contributed by atoms with E-state index in [1.54, 1.807) is 6.92 Å². The van der Waals surface area contributed by atoms with Gasteiger partial charge in [0.25, 0.3) is 17.7 Å². The molecule has 0 bridgehead atoms. The maximum Gasteiger partial charge on any atom is 0.273 e. The maximum absolute atomic E-state index is 14.8. The molecule has 6 nitrogen and oxygen atoms in total. The van der Waals surface area contributed by atoms with Crippen LogP contribution in [0.15, 0.2) is 47.7 Å². The number of benzene rings is 1. The highest BCUT2D eigenvalue weighted by atomic mass is 19.3. The van der Waals surface area contributed by atoms with Gasteiger partial charge in [-0.15, -0.1) is 0 Å². The van der Waals surface area contributed by atoms with E-state index >= 15 is 0 Å². The third-order valence-electron chi connectivity index (χ3n) is 5.04. The Morgan fingerprint density at radius 1 is 1.31 bits per heavy atom. The smallest absolute Gasteiger partial charge is 0.273 e. The van der Waals surface area contributed by atoms with Crippen molar-refractivity contribution in [2.75, 3.05) is 11.4 Å². The minimum Gasteiger partial charge on any atom is -0.347 e. The predicted octanol–water partition coefficient (Wildman–Crippen LogP) is 2.80. The van der Waals surface area contributed by atoms with Gasteiger partial charge in [-0.2, -0.15) is 0 Å². The largest absolute Gasteiger partial charge is 0.347 e. The quantitative estimate of drug-likeness (QED) is 0.857. The summed E-state index contributed by atoms with van der Waals surface area (Å²) in [6.07, 6.45) is 0.766. The Balaban J connectivity index is 1.55. The number of halogens is 3. The molecule has 0 saturated carbocycles. The van der Waals surface area contributed by atoms with Crippen molar-refractivity contribution in [2.24, 2.45) is 0 Å². The molecule has 0 fully saturated rings. The second kappa shape index (κ2) is 6.98. The van der Waals surface area contributed by atoms with Crippen molar-refractivity contribution >= 4 is 17.5 Å². The van der Waals surface area contributed by atoms with Crippen LogP contribution in [-0.2, 0) is 4.79 Å². The van der Waals surface area contributed by atoms with Crippen LogP contribution in [0.1, 0.15) is 29.2 Å². The number of amides is 2. The molecule has 0 unspecified atom stereocenters. The molecule has 29 heavy (non-hydrogen) atoms. The molecule has 0 radical (unpaired) electrons. The lowest BCUT2D eigenvalue weighted by Gasteiger charge is -2.30. The number of aromatic nitrogens is 2. The number of carbonyl (C=O) groups is 2. The summed E-state index contributed by atoms with van der Waals surface area (Å²) in [5, 5.41) is 2.54. The third-order valence-corrected chi connectivity index (χ3v) is 5.04. The van der Waals surface area contributed by atoms with Crippen molar-refractivity contribution in [3.05, 3.63) is 65.0 Å². The van der Waals surface area contributed by atoms with E-state index in [1.165, 1.54) is 30.5 Å². The fourth-order valence-corrected chi connectivity index (χ4v) is 3.71. The lowest BCUT2D eigenvalue weighted by molar-refractivity contribution is -0.114. The van der Waals surface area contributed by atoms with Gasteiger partial charge in [0.05, 0.1) is 6.54 Å². The number of carbonyl (C=O) groups excluding carboxylic acids is 2. The second-order valence-electron chi connectivity index (χ2n) is 7.10. The normalized spacial score (nSPS) is 20.6. The molecule has 2 heterocycles. The topological polar surface area (TPSA) is 75.2 Å². The zero-order valence-electron chi connectivity index (χ0n) is 15.5. The minimum absolute atomic E-state index is 0.0224. The summed E-state index contributed by atoms with van der Waals surface area (Å²) in [5.74, 6) is -4.63.